The molecule has 1 aliphatic rings. The van der Waals surface area contributed by atoms with Gasteiger partial charge in [-0.25, -0.2) is 4.98 Å². The molecule has 0 radical (unpaired) electrons. The van der Waals surface area contributed by atoms with E-state index in [1.54, 1.807) is 0 Å². The maximum atomic E-state index is 9.21. The van der Waals surface area contributed by atoms with Crippen molar-refractivity contribution in [2.75, 3.05) is 38.1 Å². The van der Waals surface area contributed by atoms with Gasteiger partial charge in [0.15, 0.2) is 0 Å². The van der Waals surface area contributed by atoms with Crippen molar-refractivity contribution in [1.82, 2.24) is 9.88 Å². The molecule has 1 unspecified atom stereocenters. The first kappa shape index (κ1) is 15.3. The number of hydrogen-bond acceptors (Lipinski definition) is 4. The predicted octanol–water partition coefficient (Wildman–Crippen LogP) is 2.88. The van der Waals surface area contributed by atoms with Crippen LogP contribution in [0.15, 0.2) is 16.7 Å². The van der Waals surface area contributed by atoms with E-state index in [-0.39, 0.29) is 0 Å². The molecule has 1 aromatic rings. The van der Waals surface area contributed by atoms with Gasteiger partial charge >= 0.3 is 0 Å². The molecule has 0 amide bonds. The van der Waals surface area contributed by atoms with E-state index < -0.39 is 0 Å². The van der Waals surface area contributed by atoms with Crippen molar-refractivity contribution < 1.29 is 0 Å². The van der Waals surface area contributed by atoms with Gasteiger partial charge in [-0.2, -0.15) is 5.26 Å². The van der Waals surface area contributed by atoms with Crippen molar-refractivity contribution in [1.29, 1.82) is 5.26 Å². The van der Waals surface area contributed by atoms with Gasteiger partial charge < -0.3 is 9.80 Å². The van der Waals surface area contributed by atoms with E-state index in [2.05, 4.69) is 50.8 Å². The van der Waals surface area contributed by atoms with Crippen molar-refractivity contribution in [2.24, 2.45) is 5.92 Å². The summed E-state index contributed by atoms with van der Waals surface area (Å²) in [5, 5.41) is 9.21. The maximum absolute atomic E-state index is 9.21. The van der Waals surface area contributed by atoms with E-state index >= 15 is 0 Å². The molecule has 0 spiro atoms. The number of rotatable bonds is 5. The molecule has 1 fully saturated rings. The number of halogens is 1. The SMILES string of the molecule is CCCN(C)CC1CCN(c2nc(Br)ccc2C#N)C1. The molecular formula is C15H21BrN4. The maximum Gasteiger partial charge on any atom is 0.147 e. The molecule has 0 aliphatic carbocycles. The van der Waals surface area contributed by atoms with Crippen LogP contribution in [0.3, 0.4) is 0 Å². The van der Waals surface area contributed by atoms with Crippen LogP contribution in [-0.4, -0.2) is 43.1 Å². The topological polar surface area (TPSA) is 43.2 Å². The molecule has 0 N–H and O–H groups in total. The molecule has 2 heterocycles. The van der Waals surface area contributed by atoms with E-state index in [9.17, 15) is 5.26 Å². The van der Waals surface area contributed by atoms with Gasteiger partial charge in [0.1, 0.15) is 16.5 Å². The van der Waals surface area contributed by atoms with Gasteiger partial charge in [0.05, 0.1) is 5.56 Å². The van der Waals surface area contributed by atoms with Crippen LogP contribution in [0.5, 0.6) is 0 Å². The van der Waals surface area contributed by atoms with Gasteiger partial charge in [-0.1, -0.05) is 6.92 Å². The fourth-order valence-corrected chi connectivity index (χ4v) is 3.14. The van der Waals surface area contributed by atoms with Gasteiger partial charge in [-0.3, -0.25) is 0 Å². The van der Waals surface area contributed by atoms with Gasteiger partial charge in [0, 0.05) is 19.6 Å². The van der Waals surface area contributed by atoms with Crippen LogP contribution in [0, 0.1) is 17.2 Å². The van der Waals surface area contributed by atoms with Crippen LogP contribution in [-0.2, 0) is 0 Å². The molecule has 0 bridgehead atoms. The lowest BCUT2D eigenvalue weighted by Gasteiger charge is -2.22. The lowest BCUT2D eigenvalue weighted by molar-refractivity contribution is 0.287. The highest BCUT2D eigenvalue weighted by Gasteiger charge is 2.26. The van der Waals surface area contributed by atoms with E-state index in [0.29, 0.717) is 11.5 Å². The van der Waals surface area contributed by atoms with Gasteiger partial charge in [-0.05, 0) is 60.4 Å². The molecular weight excluding hydrogens is 316 g/mol. The Hall–Kier alpha value is -1.12. The summed E-state index contributed by atoms with van der Waals surface area (Å²) in [7, 11) is 2.18. The van der Waals surface area contributed by atoms with E-state index in [4.69, 9.17) is 0 Å². The normalized spacial score (nSPS) is 18.6. The van der Waals surface area contributed by atoms with Crippen molar-refractivity contribution >= 4 is 21.7 Å². The Morgan fingerprint density at radius 1 is 1.55 bits per heavy atom. The first-order valence-corrected chi connectivity index (χ1v) is 7.93. The summed E-state index contributed by atoms with van der Waals surface area (Å²) >= 11 is 3.39. The lowest BCUT2D eigenvalue weighted by atomic mass is 10.1. The lowest BCUT2D eigenvalue weighted by Crippen LogP contribution is -2.29. The standard InChI is InChI=1S/C15H21BrN4/c1-3-7-19(2)10-12-6-8-20(11-12)15-13(9-17)4-5-14(16)18-15/h4-5,12H,3,6-8,10-11H2,1-2H3. The Morgan fingerprint density at radius 3 is 3.05 bits per heavy atom. The summed E-state index contributed by atoms with van der Waals surface area (Å²) in [6.45, 7) is 6.46. The molecule has 0 aromatic carbocycles. The minimum atomic E-state index is 0.663. The fraction of sp³-hybridized carbons (Fsp3) is 0.600. The zero-order valence-corrected chi connectivity index (χ0v) is 13.7. The molecule has 1 atom stereocenters. The highest BCUT2D eigenvalue weighted by molar-refractivity contribution is 9.10. The van der Waals surface area contributed by atoms with Crippen LogP contribution >= 0.6 is 15.9 Å². The second-order valence-corrected chi connectivity index (χ2v) is 6.29. The Labute approximate surface area is 129 Å². The third kappa shape index (κ3) is 3.71. The number of nitrogens with zero attached hydrogens (tertiary/aromatic N) is 4. The molecule has 1 saturated heterocycles. The smallest absolute Gasteiger partial charge is 0.147 e. The van der Waals surface area contributed by atoms with E-state index in [1.165, 1.54) is 12.8 Å². The zero-order chi connectivity index (χ0) is 14.5. The first-order valence-electron chi connectivity index (χ1n) is 7.14. The summed E-state index contributed by atoms with van der Waals surface area (Å²) in [6.07, 6.45) is 2.37. The van der Waals surface area contributed by atoms with Crippen LogP contribution in [0.25, 0.3) is 0 Å². The average Bonchev–Trinajstić information content (AvgIpc) is 2.87. The molecule has 0 saturated carbocycles. The van der Waals surface area contributed by atoms with E-state index in [1.807, 2.05) is 12.1 Å². The summed E-state index contributed by atoms with van der Waals surface area (Å²) in [5.41, 5.74) is 0.663. The monoisotopic (exact) mass is 336 g/mol. The number of hydrogen-bond donors (Lipinski definition) is 0. The minimum absolute atomic E-state index is 0.663. The van der Waals surface area contributed by atoms with Crippen molar-refractivity contribution in [2.45, 2.75) is 19.8 Å². The Kier molecular flexibility index (Phi) is 5.38. The molecule has 20 heavy (non-hydrogen) atoms. The zero-order valence-electron chi connectivity index (χ0n) is 12.1. The average molecular weight is 337 g/mol. The summed E-state index contributed by atoms with van der Waals surface area (Å²) in [4.78, 5) is 9.12. The minimum Gasteiger partial charge on any atom is -0.355 e. The fourth-order valence-electron chi connectivity index (χ4n) is 2.84. The number of anilines is 1. The van der Waals surface area contributed by atoms with Crippen LogP contribution in [0.4, 0.5) is 5.82 Å². The van der Waals surface area contributed by atoms with Crippen molar-refractivity contribution in [3.05, 3.63) is 22.3 Å². The number of nitriles is 1. The Morgan fingerprint density at radius 2 is 2.35 bits per heavy atom. The molecule has 5 heteroatoms. The van der Waals surface area contributed by atoms with Crippen LogP contribution in [0.1, 0.15) is 25.3 Å². The first-order chi connectivity index (χ1) is 9.63. The predicted molar refractivity (Wildman–Crippen MR) is 84.8 cm³/mol. The second-order valence-electron chi connectivity index (χ2n) is 5.48. The molecule has 108 valence electrons. The molecule has 1 aliphatic heterocycles. The van der Waals surface area contributed by atoms with Gasteiger partial charge in [-0.15, -0.1) is 0 Å². The second kappa shape index (κ2) is 7.05. The Balaban J connectivity index is 2.02. The van der Waals surface area contributed by atoms with Crippen molar-refractivity contribution in [3.63, 3.8) is 0 Å². The molecule has 2 rings (SSSR count). The summed E-state index contributed by atoms with van der Waals surface area (Å²) in [6, 6.07) is 5.90. The Bertz CT molecular complexity index is 497. The van der Waals surface area contributed by atoms with Crippen LogP contribution < -0.4 is 4.90 Å². The van der Waals surface area contributed by atoms with Gasteiger partial charge in [0.2, 0.25) is 0 Å². The van der Waals surface area contributed by atoms with E-state index in [0.717, 1.165) is 36.6 Å². The highest BCUT2D eigenvalue weighted by Crippen LogP contribution is 2.27. The highest BCUT2D eigenvalue weighted by atomic mass is 79.9. The quantitative estimate of drug-likeness (QED) is 0.775. The van der Waals surface area contributed by atoms with Crippen molar-refractivity contribution in [3.8, 4) is 6.07 Å². The molecule has 1 aromatic heterocycles. The third-order valence-corrected chi connectivity index (χ3v) is 4.16. The summed E-state index contributed by atoms with van der Waals surface area (Å²) < 4.78 is 0.790. The largest absolute Gasteiger partial charge is 0.355 e. The number of aromatic nitrogens is 1. The summed E-state index contributed by atoms with van der Waals surface area (Å²) in [5.74, 6) is 1.49. The van der Waals surface area contributed by atoms with Crippen LogP contribution in [0.2, 0.25) is 0 Å². The third-order valence-electron chi connectivity index (χ3n) is 3.72. The number of pyridine rings is 1. The van der Waals surface area contributed by atoms with Gasteiger partial charge in [0.25, 0.3) is 0 Å². The molecule has 4 nitrogen and oxygen atoms in total.